The van der Waals surface area contributed by atoms with Crippen LogP contribution in [0.3, 0.4) is 0 Å². The zero-order valence-corrected chi connectivity index (χ0v) is 19.5. The number of hydrogen-bond acceptors (Lipinski definition) is 5. The van der Waals surface area contributed by atoms with Crippen molar-refractivity contribution in [3.8, 4) is 0 Å². The molecule has 6 heteroatoms. The second-order valence-corrected chi connectivity index (χ2v) is 8.70. The van der Waals surface area contributed by atoms with Crippen molar-refractivity contribution in [3.05, 3.63) is 71.3 Å². The number of carboxylic acid groups (broad SMARTS) is 1. The van der Waals surface area contributed by atoms with Gasteiger partial charge in [0.1, 0.15) is 0 Å². The van der Waals surface area contributed by atoms with E-state index in [-0.39, 0.29) is 30.6 Å². The number of ether oxygens (including phenoxy) is 1. The normalized spacial score (nSPS) is 12.7. The van der Waals surface area contributed by atoms with Gasteiger partial charge in [-0.15, -0.1) is 0 Å². The van der Waals surface area contributed by atoms with Crippen molar-refractivity contribution < 1.29 is 29.0 Å². The largest absolute Gasteiger partial charge is 0.481 e. The molecule has 0 saturated heterocycles. The van der Waals surface area contributed by atoms with Crippen molar-refractivity contribution in [2.75, 3.05) is 0 Å². The SMILES string of the molecule is CCC(CC(CCC(=O)O)C(=O)c1ccccc1)C(=O)OC(=O)c1ccc(CC(C)C)cc1. The summed E-state index contributed by atoms with van der Waals surface area (Å²) in [5.74, 6) is -3.52. The lowest BCUT2D eigenvalue weighted by atomic mass is 9.84. The Morgan fingerprint density at radius 3 is 2.06 bits per heavy atom. The molecule has 0 spiro atoms. The number of rotatable bonds is 12. The molecule has 0 amide bonds. The van der Waals surface area contributed by atoms with Crippen molar-refractivity contribution >= 4 is 23.7 Å². The van der Waals surface area contributed by atoms with E-state index in [1.54, 1.807) is 49.4 Å². The second-order valence-electron chi connectivity index (χ2n) is 8.70. The van der Waals surface area contributed by atoms with E-state index in [4.69, 9.17) is 9.84 Å². The first-order valence-corrected chi connectivity index (χ1v) is 11.4. The molecular formula is C27H32O6. The van der Waals surface area contributed by atoms with Gasteiger partial charge in [-0.05, 0) is 49.3 Å². The van der Waals surface area contributed by atoms with Crippen LogP contribution in [0.1, 0.15) is 72.7 Å². The van der Waals surface area contributed by atoms with Crippen LogP contribution >= 0.6 is 0 Å². The molecule has 0 aliphatic heterocycles. The van der Waals surface area contributed by atoms with Gasteiger partial charge in [-0.2, -0.15) is 0 Å². The Labute approximate surface area is 195 Å². The minimum Gasteiger partial charge on any atom is -0.481 e. The molecule has 2 unspecified atom stereocenters. The number of benzene rings is 2. The van der Waals surface area contributed by atoms with E-state index in [9.17, 15) is 19.2 Å². The summed E-state index contributed by atoms with van der Waals surface area (Å²) < 4.78 is 5.12. The molecule has 2 rings (SSSR count). The third-order valence-corrected chi connectivity index (χ3v) is 5.56. The quantitative estimate of drug-likeness (QED) is 0.265. The standard InChI is InChI=1S/C27H32O6/c1-4-20(17-23(14-15-24(28)29)25(30)21-8-6-5-7-9-21)26(31)33-27(32)22-12-10-19(11-13-22)16-18(2)3/h5-13,18,20,23H,4,14-17H2,1-3H3,(H,28,29). The van der Waals surface area contributed by atoms with E-state index in [1.165, 1.54) is 0 Å². The van der Waals surface area contributed by atoms with Gasteiger partial charge in [0.15, 0.2) is 5.78 Å². The van der Waals surface area contributed by atoms with Crippen LogP contribution in [0, 0.1) is 17.8 Å². The number of carbonyl (C=O) groups excluding carboxylic acids is 3. The summed E-state index contributed by atoms with van der Waals surface area (Å²) in [6.07, 6.45) is 1.30. The van der Waals surface area contributed by atoms with Crippen molar-refractivity contribution in [1.29, 1.82) is 0 Å². The second kappa shape index (κ2) is 12.7. The molecule has 0 aliphatic rings. The predicted octanol–water partition coefficient (Wildman–Crippen LogP) is 5.35. The van der Waals surface area contributed by atoms with E-state index in [0.29, 0.717) is 17.9 Å². The van der Waals surface area contributed by atoms with Crippen LogP contribution in [-0.4, -0.2) is 28.8 Å². The molecule has 0 radical (unpaired) electrons. The Hall–Kier alpha value is -3.28. The van der Waals surface area contributed by atoms with Gasteiger partial charge < -0.3 is 9.84 Å². The summed E-state index contributed by atoms with van der Waals surface area (Å²) in [6.45, 7) is 5.99. The Kier molecular flexibility index (Phi) is 9.98. The third-order valence-electron chi connectivity index (χ3n) is 5.56. The molecule has 0 aliphatic carbocycles. The van der Waals surface area contributed by atoms with Crippen LogP contribution < -0.4 is 0 Å². The number of carboxylic acids is 1. The van der Waals surface area contributed by atoms with Crippen molar-refractivity contribution in [2.45, 2.75) is 52.9 Å². The minimum absolute atomic E-state index is 0.109. The maximum Gasteiger partial charge on any atom is 0.345 e. The zero-order chi connectivity index (χ0) is 24.4. The number of carbonyl (C=O) groups is 4. The Bertz CT molecular complexity index is 946. The third kappa shape index (κ3) is 8.29. The van der Waals surface area contributed by atoms with Crippen LogP contribution in [0.25, 0.3) is 0 Å². The van der Waals surface area contributed by atoms with Gasteiger partial charge in [-0.3, -0.25) is 14.4 Å². The first kappa shape index (κ1) is 26.0. The van der Waals surface area contributed by atoms with Gasteiger partial charge in [0.25, 0.3) is 0 Å². The van der Waals surface area contributed by atoms with Gasteiger partial charge >= 0.3 is 17.9 Å². The van der Waals surface area contributed by atoms with Crippen LogP contribution in [-0.2, 0) is 20.7 Å². The number of Topliss-reactive ketones (excluding diaryl/α,β-unsaturated/α-hetero) is 1. The maximum absolute atomic E-state index is 13.0. The number of ketones is 1. The molecule has 0 heterocycles. The van der Waals surface area contributed by atoms with E-state index >= 15 is 0 Å². The highest BCUT2D eigenvalue weighted by atomic mass is 16.6. The molecule has 0 fully saturated rings. The molecule has 2 aromatic rings. The highest BCUT2D eigenvalue weighted by Crippen LogP contribution is 2.25. The first-order chi connectivity index (χ1) is 15.7. The predicted molar refractivity (Wildman–Crippen MR) is 125 cm³/mol. The van der Waals surface area contributed by atoms with Gasteiger partial charge in [-0.25, -0.2) is 4.79 Å². The van der Waals surface area contributed by atoms with Crippen LogP contribution in [0.2, 0.25) is 0 Å². The van der Waals surface area contributed by atoms with E-state index in [2.05, 4.69) is 13.8 Å². The van der Waals surface area contributed by atoms with Gasteiger partial charge in [0.05, 0.1) is 11.5 Å². The molecule has 2 atom stereocenters. The van der Waals surface area contributed by atoms with Gasteiger partial charge in [-0.1, -0.05) is 63.2 Å². The molecular weight excluding hydrogens is 420 g/mol. The van der Waals surface area contributed by atoms with Crippen molar-refractivity contribution in [1.82, 2.24) is 0 Å². The topological polar surface area (TPSA) is 97.7 Å². The van der Waals surface area contributed by atoms with Crippen LogP contribution in [0.5, 0.6) is 0 Å². The average molecular weight is 453 g/mol. The van der Waals surface area contributed by atoms with E-state index in [0.717, 1.165) is 12.0 Å². The molecule has 6 nitrogen and oxygen atoms in total. The monoisotopic (exact) mass is 452 g/mol. The molecule has 33 heavy (non-hydrogen) atoms. The fraction of sp³-hybridized carbons (Fsp3) is 0.407. The van der Waals surface area contributed by atoms with E-state index < -0.39 is 29.7 Å². The van der Waals surface area contributed by atoms with Gasteiger partial charge in [0.2, 0.25) is 0 Å². The zero-order valence-electron chi connectivity index (χ0n) is 19.5. The van der Waals surface area contributed by atoms with Crippen molar-refractivity contribution in [2.24, 2.45) is 17.8 Å². The molecule has 2 aromatic carbocycles. The Balaban J connectivity index is 2.08. The smallest absolute Gasteiger partial charge is 0.345 e. The summed E-state index contributed by atoms with van der Waals surface area (Å²) in [5, 5.41) is 9.08. The number of hydrogen-bond donors (Lipinski definition) is 1. The average Bonchev–Trinajstić information content (AvgIpc) is 2.79. The summed E-state index contributed by atoms with van der Waals surface area (Å²) in [7, 11) is 0. The van der Waals surface area contributed by atoms with Crippen LogP contribution in [0.4, 0.5) is 0 Å². The Morgan fingerprint density at radius 1 is 0.879 bits per heavy atom. The first-order valence-electron chi connectivity index (χ1n) is 11.4. The van der Waals surface area contributed by atoms with Crippen LogP contribution in [0.15, 0.2) is 54.6 Å². The number of aliphatic carboxylic acids is 1. The number of esters is 2. The summed E-state index contributed by atoms with van der Waals surface area (Å²) in [4.78, 5) is 49.3. The Morgan fingerprint density at radius 2 is 1.52 bits per heavy atom. The lowest BCUT2D eigenvalue weighted by Crippen LogP contribution is -2.27. The molecule has 176 valence electrons. The van der Waals surface area contributed by atoms with Gasteiger partial charge in [0, 0.05) is 17.9 Å². The highest BCUT2D eigenvalue weighted by molar-refractivity contribution is 5.99. The lowest BCUT2D eigenvalue weighted by molar-refractivity contribution is -0.143. The summed E-state index contributed by atoms with van der Waals surface area (Å²) in [6, 6.07) is 15.6. The van der Waals surface area contributed by atoms with Crippen molar-refractivity contribution in [3.63, 3.8) is 0 Å². The molecule has 0 saturated carbocycles. The molecule has 1 N–H and O–H groups in total. The minimum atomic E-state index is -1.01. The summed E-state index contributed by atoms with van der Waals surface area (Å²) >= 11 is 0. The fourth-order valence-electron chi connectivity index (χ4n) is 3.75. The van der Waals surface area contributed by atoms with E-state index in [1.807, 2.05) is 12.1 Å². The molecule has 0 bridgehead atoms. The lowest BCUT2D eigenvalue weighted by Gasteiger charge is -2.20. The molecule has 0 aromatic heterocycles. The maximum atomic E-state index is 13.0. The highest BCUT2D eigenvalue weighted by Gasteiger charge is 2.29. The summed E-state index contributed by atoms with van der Waals surface area (Å²) in [5.41, 5.74) is 1.85. The fourth-order valence-corrected chi connectivity index (χ4v) is 3.75.